The summed E-state index contributed by atoms with van der Waals surface area (Å²) in [7, 11) is 0. The number of hydrogen-bond donors (Lipinski definition) is 1. The number of carbonyl (C=O) groups is 1. The van der Waals surface area contributed by atoms with E-state index in [-0.39, 0.29) is 17.4 Å². The fourth-order valence-electron chi connectivity index (χ4n) is 2.86. The van der Waals surface area contributed by atoms with E-state index in [0.717, 1.165) is 25.9 Å². The summed E-state index contributed by atoms with van der Waals surface area (Å²) in [5, 5.41) is 3.24. The van der Waals surface area contributed by atoms with Gasteiger partial charge < -0.3 is 10.2 Å². The lowest BCUT2D eigenvalue weighted by atomic mass is 9.89. The Morgan fingerprint density at radius 2 is 1.90 bits per heavy atom. The van der Waals surface area contributed by atoms with Gasteiger partial charge in [-0.15, -0.1) is 0 Å². The van der Waals surface area contributed by atoms with Crippen LogP contribution in [0.1, 0.15) is 40.5 Å². The van der Waals surface area contributed by atoms with Crippen LogP contribution in [0.15, 0.2) is 30.3 Å². The van der Waals surface area contributed by atoms with E-state index in [4.69, 9.17) is 0 Å². The van der Waals surface area contributed by atoms with Crippen LogP contribution in [0.3, 0.4) is 0 Å². The van der Waals surface area contributed by atoms with Crippen molar-refractivity contribution in [1.29, 1.82) is 0 Å². The van der Waals surface area contributed by atoms with Gasteiger partial charge in [-0.3, -0.25) is 4.79 Å². The molecule has 0 radical (unpaired) electrons. The zero-order valence-corrected chi connectivity index (χ0v) is 13.7. The molecule has 1 aromatic rings. The zero-order valence-electron chi connectivity index (χ0n) is 13.7. The maximum absolute atomic E-state index is 12.2. The van der Waals surface area contributed by atoms with Crippen LogP contribution in [0.4, 0.5) is 5.69 Å². The molecule has 2 unspecified atom stereocenters. The van der Waals surface area contributed by atoms with Crippen molar-refractivity contribution in [2.45, 2.75) is 46.6 Å². The predicted octanol–water partition coefficient (Wildman–Crippen LogP) is 3.45. The quantitative estimate of drug-likeness (QED) is 0.924. The van der Waals surface area contributed by atoms with Crippen molar-refractivity contribution in [3.63, 3.8) is 0 Å². The maximum Gasteiger partial charge on any atom is 0.225 e. The van der Waals surface area contributed by atoms with E-state index in [1.165, 1.54) is 5.69 Å². The van der Waals surface area contributed by atoms with Crippen molar-refractivity contribution in [3.8, 4) is 0 Å². The summed E-state index contributed by atoms with van der Waals surface area (Å²) in [6.45, 7) is 10.1. The van der Waals surface area contributed by atoms with Crippen LogP contribution in [-0.2, 0) is 4.79 Å². The Kier molecular flexibility index (Phi) is 4.92. The van der Waals surface area contributed by atoms with Gasteiger partial charge in [-0.25, -0.2) is 0 Å². The average molecular weight is 288 g/mol. The number of nitrogens with zero attached hydrogens (tertiary/aromatic N) is 1. The summed E-state index contributed by atoms with van der Waals surface area (Å²) in [5.74, 6) is 0.793. The molecule has 0 aromatic heterocycles. The maximum atomic E-state index is 12.2. The highest BCUT2D eigenvalue weighted by Crippen LogP contribution is 2.25. The van der Waals surface area contributed by atoms with Gasteiger partial charge in [-0.1, -0.05) is 52.3 Å². The molecular formula is C18H28N2O. The Balaban J connectivity index is 2.07. The Morgan fingerprint density at radius 1 is 1.24 bits per heavy atom. The largest absolute Gasteiger partial charge is 0.369 e. The van der Waals surface area contributed by atoms with Crippen LogP contribution >= 0.6 is 0 Å². The first-order valence-corrected chi connectivity index (χ1v) is 8.01. The zero-order chi connectivity index (χ0) is 15.5. The molecule has 1 amide bonds. The second kappa shape index (κ2) is 6.50. The van der Waals surface area contributed by atoms with Crippen LogP contribution in [0.25, 0.3) is 0 Å². The van der Waals surface area contributed by atoms with Gasteiger partial charge >= 0.3 is 0 Å². The fourth-order valence-corrected chi connectivity index (χ4v) is 2.86. The molecule has 3 heteroatoms. The third-order valence-corrected chi connectivity index (χ3v) is 4.25. The van der Waals surface area contributed by atoms with Gasteiger partial charge in [0, 0.05) is 30.2 Å². The highest BCUT2D eigenvalue weighted by atomic mass is 16.2. The number of rotatable bonds is 3. The molecule has 116 valence electrons. The van der Waals surface area contributed by atoms with Crippen molar-refractivity contribution in [2.75, 3.05) is 18.0 Å². The van der Waals surface area contributed by atoms with Crippen LogP contribution < -0.4 is 10.2 Å². The number of hydrogen-bond acceptors (Lipinski definition) is 2. The van der Waals surface area contributed by atoms with Crippen LogP contribution in [0, 0.1) is 11.3 Å². The minimum absolute atomic E-state index is 0.150. The molecule has 0 bridgehead atoms. The van der Waals surface area contributed by atoms with Gasteiger partial charge in [0.05, 0.1) is 0 Å². The molecule has 1 fully saturated rings. The Labute approximate surface area is 128 Å². The van der Waals surface area contributed by atoms with E-state index >= 15 is 0 Å². The number of amides is 1. The van der Waals surface area contributed by atoms with E-state index in [1.54, 1.807) is 0 Å². The molecule has 1 saturated heterocycles. The molecule has 1 aliphatic rings. The molecule has 1 aliphatic heterocycles. The minimum Gasteiger partial charge on any atom is -0.369 e. The SMILES string of the molecule is CCC1CC(NC(=O)C(C)(C)C)CN(c2ccccc2)C1. The predicted molar refractivity (Wildman–Crippen MR) is 88.4 cm³/mol. The first kappa shape index (κ1) is 15.9. The molecule has 21 heavy (non-hydrogen) atoms. The lowest BCUT2D eigenvalue weighted by molar-refractivity contribution is -0.129. The van der Waals surface area contributed by atoms with Crippen molar-refractivity contribution in [1.82, 2.24) is 5.32 Å². The van der Waals surface area contributed by atoms with Gasteiger partial charge in [-0.05, 0) is 24.5 Å². The molecule has 2 rings (SSSR count). The molecule has 0 aliphatic carbocycles. The molecule has 0 saturated carbocycles. The highest BCUT2D eigenvalue weighted by molar-refractivity contribution is 5.81. The Bertz CT molecular complexity index is 464. The standard InChI is InChI=1S/C18H28N2O/c1-5-14-11-15(19-17(21)18(2,3)4)13-20(12-14)16-9-7-6-8-10-16/h6-10,14-15H,5,11-13H2,1-4H3,(H,19,21). The minimum atomic E-state index is -0.323. The fraction of sp³-hybridized carbons (Fsp3) is 0.611. The van der Waals surface area contributed by atoms with Crippen LogP contribution in [0.2, 0.25) is 0 Å². The molecule has 1 aromatic carbocycles. The summed E-state index contributed by atoms with van der Waals surface area (Å²) < 4.78 is 0. The number of anilines is 1. The molecule has 0 spiro atoms. The van der Waals surface area contributed by atoms with Crippen molar-refractivity contribution in [3.05, 3.63) is 30.3 Å². The molecular weight excluding hydrogens is 260 g/mol. The Morgan fingerprint density at radius 3 is 2.48 bits per heavy atom. The van der Waals surface area contributed by atoms with E-state index in [0.29, 0.717) is 5.92 Å². The number of carbonyl (C=O) groups excluding carboxylic acids is 1. The van der Waals surface area contributed by atoms with E-state index in [1.807, 2.05) is 26.8 Å². The normalized spacial score (nSPS) is 23.0. The van der Waals surface area contributed by atoms with Gasteiger partial charge in [-0.2, -0.15) is 0 Å². The number of piperidine rings is 1. The van der Waals surface area contributed by atoms with Gasteiger partial charge in [0.25, 0.3) is 0 Å². The van der Waals surface area contributed by atoms with E-state index in [2.05, 4.69) is 41.4 Å². The molecule has 1 heterocycles. The smallest absolute Gasteiger partial charge is 0.225 e. The summed E-state index contributed by atoms with van der Waals surface area (Å²) >= 11 is 0. The highest BCUT2D eigenvalue weighted by Gasteiger charge is 2.30. The van der Waals surface area contributed by atoms with Gasteiger partial charge in [0.1, 0.15) is 0 Å². The molecule has 1 N–H and O–H groups in total. The average Bonchev–Trinajstić information content (AvgIpc) is 2.46. The number of nitrogens with one attached hydrogen (secondary N) is 1. The lowest BCUT2D eigenvalue weighted by Gasteiger charge is -2.40. The molecule has 2 atom stereocenters. The second-order valence-electron chi connectivity index (χ2n) is 7.17. The van der Waals surface area contributed by atoms with Crippen molar-refractivity contribution >= 4 is 11.6 Å². The van der Waals surface area contributed by atoms with Crippen LogP contribution in [-0.4, -0.2) is 25.0 Å². The summed E-state index contributed by atoms with van der Waals surface area (Å²) in [6.07, 6.45) is 2.24. The van der Waals surface area contributed by atoms with Crippen molar-refractivity contribution in [2.24, 2.45) is 11.3 Å². The topological polar surface area (TPSA) is 32.3 Å². The number of para-hydroxylation sites is 1. The third kappa shape index (κ3) is 4.23. The third-order valence-electron chi connectivity index (χ3n) is 4.25. The van der Waals surface area contributed by atoms with Gasteiger partial charge in [0.2, 0.25) is 5.91 Å². The lowest BCUT2D eigenvalue weighted by Crippen LogP contribution is -2.53. The summed E-state index contributed by atoms with van der Waals surface area (Å²) in [4.78, 5) is 14.6. The second-order valence-corrected chi connectivity index (χ2v) is 7.17. The molecule has 3 nitrogen and oxygen atoms in total. The van der Waals surface area contributed by atoms with Crippen LogP contribution in [0.5, 0.6) is 0 Å². The van der Waals surface area contributed by atoms with Crippen molar-refractivity contribution < 1.29 is 4.79 Å². The van der Waals surface area contributed by atoms with Gasteiger partial charge in [0.15, 0.2) is 0 Å². The number of benzene rings is 1. The first-order valence-electron chi connectivity index (χ1n) is 8.01. The summed E-state index contributed by atoms with van der Waals surface area (Å²) in [6, 6.07) is 10.8. The monoisotopic (exact) mass is 288 g/mol. The summed E-state index contributed by atoms with van der Waals surface area (Å²) in [5.41, 5.74) is 0.933. The van der Waals surface area contributed by atoms with E-state index in [9.17, 15) is 4.79 Å². The Hall–Kier alpha value is -1.51. The van der Waals surface area contributed by atoms with E-state index < -0.39 is 0 Å². The first-order chi connectivity index (χ1) is 9.90.